The molecule has 120 valence electrons. The second-order valence-corrected chi connectivity index (χ2v) is 5.47. The molecule has 0 aliphatic carbocycles. The van der Waals surface area contributed by atoms with Crippen molar-refractivity contribution in [1.82, 2.24) is 0 Å². The van der Waals surface area contributed by atoms with Gasteiger partial charge in [-0.25, -0.2) is 0 Å². The Labute approximate surface area is 143 Å². The van der Waals surface area contributed by atoms with Crippen molar-refractivity contribution in [1.29, 1.82) is 0 Å². The molecule has 0 amide bonds. The van der Waals surface area contributed by atoms with Gasteiger partial charge in [0, 0.05) is 5.56 Å². The molecule has 0 atom stereocenters. The average Bonchev–Trinajstić information content (AvgIpc) is 2.67. The third-order valence-corrected chi connectivity index (χ3v) is 3.86. The quantitative estimate of drug-likeness (QED) is 0.590. The smallest absolute Gasteiger partial charge is 0.127 e. The van der Waals surface area contributed by atoms with Crippen molar-refractivity contribution in [2.45, 2.75) is 6.61 Å². The monoisotopic (exact) mass is 316 g/mol. The number of hydrogen-bond donors (Lipinski definition) is 0. The van der Waals surface area contributed by atoms with Crippen LogP contribution in [0, 0.1) is 0 Å². The minimum atomic E-state index is 0.533. The van der Waals surface area contributed by atoms with E-state index in [4.69, 9.17) is 9.47 Å². The first-order valence-electron chi connectivity index (χ1n) is 7.88. The number of hydrogen-bond acceptors (Lipinski definition) is 2. The van der Waals surface area contributed by atoms with Gasteiger partial charge in [0.2, 0.25) is 0 Å². The molecule has 0 fully saturated rings. The van der Waals surface area contributed by atoms with E-state index in [1.54, 1.807) is 7.11 Å². The Morgan fingerprint density at radius 2 is 1.75 bits per heavy atom. The molecule has 2 heteroatoms. The largest absolute Gasteiger partial charge is 0.497 e. The van der Waals surface area contributed by atoms with Crippen molar-refractivity contribution in [3.8, 4) is 22.6 Å². The molecule has 0 N–H and O–H groups in total. The maximum Gasteiger partial charge on any atom is 0.127 e. The van der Waals surface area contributed by atoms with Crippen molar-refractivity contribution >= 4 is 6.08 Å². The highest BCUT2D eigenvalue weighted by Crippen LogP contribution is 2.33. The Morgan fingerprint density at radius 1 is 0.917 bits per heavy atom. The van der Waals surface area contributed by atoms with E-state index < -0.39 is 0 Å². The molecular formula is C22H20O2. The van der Waals surface area contributed by atoms with Crippen molar-refractivity contribution in [2.75, 3.05) is 7.11 Å². The predicted octanol–water partition coefficient (Wildman–Crippen LogP) is 5.58. The Morgan fingerprint density at radius 3 is 2.50 bits per heavy atom. The Balaban J connectivity index is 1.94. The van der Waals surface area contributed by atoms with Crippen LogP contribution in [-0.4, -0.2) is 7.11 Å². The summed E-state index contributed by atoms with van der Waals surface area (Å²) in [7, 11) is 1.67. The van der Waals surface area contributed by atoms with Gasteiger partial charge in [-0.15, -0.1) is 0 Å². The van der Waals surface area contributed by atoms with E-state index >= 15 is 0 Å². The lowest BCUT2D eigenvalue weighted by atomic mass is 10.0. The summed E-state index contributed by atoms with van der Waals surface area (Å²) in [4.78, 5) is 0. The highest BCUT2D eigenvalue weighted by atomic mass is 16.5. The normalized spacial score (nSPS) is 10.2. The fourth-order valence-electron chi connectivity index (χ4n) is 2.55. The van der Waals surface area contributed by atoms with E-state index in [0.29, 0.717) is 6.61 Å². The summed E-state index contributed by atoms with van der Waals surface area (Å²) in [6.07, 6.45) is 1.84. The number of ether oxygens (including phenoxy) is 2. The molecule has 0 radical (unpaired) electrons. The number of methoxy groups -OCH3 is 1. The summed E-state index contributed by atoms with van der Waals surface area (Å²) >= 11 is 0. The molecule has 3 rings (SSSR count). The molecule has 0 saturated carbocycles. The van der Waals surface area contributed by atoms with E-state index in [-0.39, 0.29) is 0 Å². The summed E-state index contributed by atoms with van der Waals surface area (Å²) in [5.41, 5.74) is 4.28. The number of benzene rings is 3. The highest BCUT2D eigenvalue weighted by Gasteiger charge is 2.09. The summed E-state index contributed by atoms with van der Waals surface area (Å²) < 4.78 is 11.4. The molecule has 0 heterocycles. The summed E-state index contributed by atoms with van der Waals surface area (Å²) in [5.74, 6) is 1.67. The van der Waals surface area contributed by atoms with Crippen molar-refractivity contribution in [3.05, 3.63) is 90.5 Å². The van der Waals surface area contributed by atoms with Gasteiger partial charge < -0.3 is 9.47 Å². The molecular weight excluding hydrogens is 296 g/mol. The zero-order valence-corrected chi connectivity index (χ0v) is 13.7. The highest BCUT2D eigenvalue weighted by molar-refractivity contribution is 5.74. The van der Waals surface area contributed by atoms with Gasteiger partial charge in [-0.1, -0.05) is 61.2 Å². The SMILES string of the molecule is C=Cc1ccc(OCc2ccccc2)c(-c2cccc(OC)c2)c1. The lowest BCUT2D eigenvalue weighted by molar-refractivity contribution is 0.307. The Kier molecular flexibility index (Phi) is 4.97. The zero-order valence-electron chi connectivity index (χ0n) is 13.7. The van der Waals surface area contributed by atoms with E-state index in [1.807, 2.05) is 54.6 Å². The minimum absolute atomic E-state index is 0.533. The molecule has 0 aromatic heterocycles. The van der Waals surface area contributed by atoms with Gasteiger partial charge in [0.1, 0.15) is 18.1 Å². The number of rotatable bonds is 6. The van der Waals surface area contributed by atoms with Gasteiger partial charge in [-0.3, -0.25) is 0 Å². The standard InChI is InChI=1S/C22H20O2/c1-3-17-12-13-22(24-16-18-8-5-4-6-9-18)21(14-17)19-10-7-11-20(15-19)23-2/h3-15H,1,16H2,2H3. The Bertz CT molecular complexity index is 822. The average molecular weight is 316 g/mol. The third-order valence-electron chi connectivity index (χ3n) is 3.86. The maximum atomic E-state index is 6.08. The van der Waals surface area contributed by atoms with Crippen LogP contribution in [0.25, 0.3) is 17.2 Å². The van der Waals surface area contributed by atoms with E-state index in [1.165, 1.54) is 0 Å². The summed E-state index contributed by atoms with van der Waals surface area (Å²) in [6.45, 7) is 4.39. The minimum Gasteiger partial charge on any atom is -0.497 e. The summed E-state index contributed by atoms with van der Waals surface area (Å²) in [5, 5.41) is 0. The van der Waals surface area contributed by atoms with Crippen molar-refractivity contribution in [3.63, 3.8) is 0 Å². The van der Waals surface area contributed by atoms with Crippen LogP contribution in [0.3, 0.4) is 0 Å². The fraction of sp³-hybridized carbons (Fsp3) is 0.0909. The van der Waals surface area contributed by atoms with Gasteiger partial charge in [0.25, 0.3) is 0 Å². The molecule has 0 aliphatic heterocycles. The second-order valence-electron chi connectivity index (χ2n) is 5.47. The summed E-state index contributed by atoms with van der Waals surface area (Å²) in [6, 6.07) is 24.2. The van der Waals surface area contributed by atoms with Crippen molar-refractivity contribution < 1.29 is 9.47 Å². The lowest BCUT2D eigenvalue weighted by Gasteiger charge is -2.13. The van der Waals surface area contributed by atoms with Gasteiger partial charge in [-0.05, 0) is 41.0 Å². The first-order chi connectivity index (χ1) is 11.8. The van der Waals surface area contributed by atoms with Crippen LogP contribution in [0.5, 0.6) is 11.5 Å². The first-order valence-corrected chi connectivity index (χ1v) is 7.88. The van der Waals surface area contributed by atoms with Crippen molar-refractivity contribution in [2.24, 2.45) is 0 Å². The van der Waals surface area contributed by atoms with Gasteiger partial charge in [0.15, 0.2) is 0 Å². The lowest BCUT2D eigenvalue weighted by Crippen LogP contribution is -1.97. The maximum absolute atomic E-state index is 6.08. The van der Waals surface area contributed by atoms with Gasteiger partial charge in [-0.2, -0.15) is 0 Å². The van der Waals surface area contributed by atoms with Crippen LogP contribution >= 0.6 is 0 Å². The second kappa shape index (κ2) is 7.51. The van der Waals surface area contributed by atoms with Crippen LogP contribution in [0.1, 0.15) is 11.1 Å². The van der Waals surface area contributed by atoms with E-state index in [0.717, 1.165) is 33.8 Å². The molecule has 0 saturated heterocycles. The molecule has 0 aliphatic rings. The Hall–Kier alpha value is -3.00. The third kappa shape index (κ3) is 3.66. The molecule has 2 nitrogen and oxygen atoms in total. The van der Waals surface area contributed by atoms with Crippen LogP contribution in [0.4, 0.5) is 0 Å². The molecule has 0 spiro atoms. The zero-order chi connectivity index (χ0) is 16.8. The predicted molar refractivity (Wildman–Crippen MR) is 99.3 cm³/mol. The fourth-order valence-corrected chi connectivity index (χ4v) is 2.55. The molecule has 24 heavy (non-hydrogen) atoms. The van der Waals surface area contributed by atoms with Gasteiger partial charge >= 0.3 is 0 Å². The van der Waals surface area contributed by atoms with E-state index in [9.17, 15) is 0 Å². The van der Waals surface area contributed by atoms with Crippen LogP contribution < -0.4 is 9.47 Å². The van der Waals surface area contributed by atoms with E-state index in [2.05, 4.69) is 30.8 Å². The molecule has 3 aromatic carbocycles. The van der Waals surface area contributed by atoms with Crippen LogP contribution in [0.15, 0.2) is 79.4 Å². The van der Waals surface area contributed by atoms with Crippen LogP contribution in [-0.2, 0) is 6.61 Å². The molecule has 0 unspecified atom stereocenters. The first kappa shape index (κ1) is 15.9. The topological polar surface area (TPSA) is 18.5 Å². The molecule has 0 bridgehead atoms. The van der Waals surface area contributed by atoms with Gasteiger partial charge in [0.05, 0.1) is 7.11 Å². The molecule has 3 aromatic rings. The van der Waals surface area contributed by atoms with Crippen LogP contribution in [0.2, 0.25) is 0 Å².